The molecule has 0 spiro atoms. The van der Waals surface area contributed by atoms with E-state index in [1.165, 1.54) is 16.8 Å². The topological polar surface area (TPSA) is 114 Å². The van der Waals surface area contributed by atoms with Crippen molar-refractivity contribution < 1.29 is 41.4 Å². The lowest BCUT2D eigenvalue weighted by molar-refractivity contribution is -0.167. The molecule has 0 aliphatic carbocycles. The van der Waals surface area contributed by atoms with Crippen LogP contribution in [0.25, 0.3) is 22.0 Å². The maximum Gasteiger partial charge on any atom is 0.411 e. The summed E-state index contributed by atoms with van der Waals surface area (Å²) in [6.07, 6.45) is -3.62. The van der Waals surface area contributed by atoms with Crippen molar-refractivity contribution in [1.82, 2.24) is 14.9 Å². The number of ether oxygens (including phenoxy) is 1. The molecule has 1 amide bonds. The highest BCUT2D eigenvalue weighted by molar-refractivity contribution is 6.31. The second-order valence-electron chi connectivity index (χ2n) is 10.7. The van der Waals surface area contributed by atoms with Gasteiger partial charge in [-0.3, -0.25) is 14.6 Å². The number of benzene rings is 2. The van der Waals surface area contributed by atoms with Crippen LogP contribution in [0.15, 0.2) is 53.5 Å². The number of nitrogens with one attached hydrogen (secondary N) is 1. The second-order valence-corrected chi connectivity index (χ2v) is 11.1. The number of hydrogen-bond donors (Lipinski definition) is 2. The molecular formula is C31H26ClF5N4O5. The summed E-state index contributed by atoms with van der Waals surface area (Å²) in [5, 5.41) is 12.8. The van der Waals surface area contributed by atoms with Crippen LogP contribution in [0.1, 0.15) is 21.6 Å². The van der Waals surface area contributed by atoms with Crippen molar-refractivity contribution in [3.8, 4) is 11.1 Å². The molecule has 1 aliphatic heterocycles. The summed E-state index contributed by atoms with van der Waals surface area (Å²) >= 11 is 6.33. The molecule has 0 saturated carbocycles. The first kappa shape index (κ1) is 32.8. The number of carboxylic acids is 1. The number of fused-ring (bicyclic) bond motifs is 1. The Kier molecular flexibility index (Phi) is 9.05. The third-order valence-corrected chi connectivity index (χ3v) is 8.31. The van der Waals surface area contributed by atoms with Crippen LogP contribution in [0, 0.1) is 18.6 Å². The van der Waals surface area contributed by atoms with Gasteiger partial charge in [0.25, 0.3) is 11.5 Å². The number of amides is 1. The van der Waals surface area contributed by atoms with Gasteiger partial charge in [0, 0.05) is 48.5 Å². The van der Waals surface area contributed by atoms with Crippen LogP contribution >= 0.6 is 11.6 Å². The maximum atomic E-state index is 15.1. The molecule has 1 saturated heterocycles. The molecule has 0 bridgehead atoms. The molecule has 9 nitrogen and oxygen atoms in total. The smallest absolute Gasteiger partial charge is 0.411 e. The highest BCUT2D eigenvalue weighted by Crippen LogP contribution is 2.33. The number of aromatic nitrogens is 2. The van der Waals surface area contributed by atoms with E-state index in [4.69, 9.17) is 16.3 Å². The molecule has 15 heteroatoms. The summed E-state index contributed by atoms with van der Waals surface area (Å²) < 4.78 is 77.0. The lowest BCUT2D eigenvalue weighted by Gasteiger charge is -2.38. The minimum absolute atomic E-state index is 0.112. The minimum Gasteiger partial charge on any atom is -0.480 e. The predicted molar refractivity (Wildman–Crippen MR) is 159 cm³/mol. The van der Waals surface area contributed by atoms with Gasteiger partial charge in [-0.2, -0.15) is 13.2 Å². The van der Waals surface area contributed by atoms with Gasteiger partial charge in [-0.15, -0.1) is 0 Å². The van der Waals surface area contributed by atoms with Crippen molar-refractivity contribution in [3.63, 3.8) is 0 Å². The number of anilines is 1. The number of halogens is 6. The average molecular weight is 665 g/mol. The molecule has 0 unspecified atom stereocenters. The Hall–Kier alpha value is -4.56. The quantitative estimate of drug-likeness (QED) is 0.267. The van der Waals surface area contributed by atoms with Crippen LogP contribution in [0.2, 0.25) is 5.02 Å². The van der Waals surface area contributed by atoms with E-state index in [-0.39, 0.29) is 30.7 Å². The van der Waals surface area contributed by atoms with Gasteiger partial charge in [0.2, 0.25) is 0 Å². The van der Waals surface area contributed by atoms with Gasteiger partial charge in [-0.25, -0.2) is 13.6 Å². The van der Waals surface area contributed by atoms with Crippen molar-refractivity contribution in [3.05, 3.63) is 92.5 Å². The van der Waals surface area contributed by atoms with Crippen molar-refractivity contribution >= 4 is 40.1 Å². The van der Waals surface area contributed by atoms with Crippen molar-refractivity contribution in [2.45, 2.75) is 31.6 Å². The van der Waals surface area contributed by atoms with E-state index >= 15 is 8.78 Å². The summed E-state index contributed by atoms with van der Waals surface area (Å²) in [5.41, 5.74) is 0.0289. The number of carbonyl (C=O) groups excluding carboxylic acids is 1. The maximum absolute atomic E-state index is 15.1. The van der Waals surface area contributed by atoms with E-state index in [1.807, 2.05) is 0 Å². The molecule has 1 fully saturated rings. The standard InChI is InChI=1S/C31H26ClF5N4O5/c1-15-21(32)13-20(29(43)40(15)2)19-6-5-16(18-4-3-7-38-27(18)19)10-24(30(44)45)39-28(42)26-22(33)11-17(12-23(26)34)41-8-9-46-14-25(41)31(35,36)37/h3-7,11-13,24-25H,8-10,14H2,1-2H3,(H,39,42)(H,44,45)/t24-,25+/m0/s1. The molecule has 3 heterocycles. The van der Waals surface area contributed by atoms with Gasteiger partial charge in [-0.05, 0) is 36.8 Å². The Bertz CT molecular complexity index is 1890. The SMILES string of the molecule is Cc1c(Cl)cc(-c2ccc(C[C@H](NC(=O)c3c(F)cc(N4CCOC[C@@H]4C(F)(F)F)cc3F)C(=O)O)c3cccnc23)c(=O)n1C. The lowest BCUT2D eigenvalue weighted by atomic mass is 9.95. The Labute approximate surface area is 263 Å². The molecule has 5 rings (SSSR count). The first-order valence-corrected chi connectivity index (χ1v) is 14.2. The monoisotopic (exact) mass is 664 g/mol. The number of carboxylic acid groups (broad SMARTS) is 1. The Morgan fingerprint density at radius 1 is 1.15 bits per heavy atom. The number of hydrogen-bond acceptors (Lipinski definition) is 6. The highest BCUT2D eigenvalue weighted by atomic mass is 35.5. The molecule has 2 atom stereocenters. The average Bonchev–Trinajstić information content (AvgIpc) is 3.01. The van der Waals surface area contributed by atoms with E-state index in [0.29, 0.717) is 44.9 Å². The summed E-state index contributed by atoms with van der Waals surface area (Å²) in [6, 6.07) is 5.20. The highest BCUT2D eigenvalue weighted by Gasteiger charge is 2.46. The number of carbonyl (C=O) groups is 2. The summed E-state index contributed by atoms with van der Waals surface area (Å²) in [7, 11) is 1.57. The van der Waals surface area contributed by atoms with Crippen LogP contribution in [0.4, 0.5) is 27.6 Å². The second kappa shape index (κ2) is 12.7. The van der Waals surface area contributed by atoms with E-state index in [1.54, 1.807) is 38.2 Å². The zero-order valence-electron chi connectivity index (χ0n) is 24.3. The number of nitrogens with zero attached hydrogens (tertiary/aromatic N) is 3. The molecule has 4 aromatic rings. The van der Waals surface area contributed by atoms with Gasteiger partial charge in [-0.1, -0.05) is 29.8 Å². The molecule has 2 aromatic heterocycles. The van der Waals surface area contributed by atoms with Crippen molar-refractivity contribution in [1.29, 1.82) is 0 Å². The predicted octanol–water partition coefficient (Wildman–Crippen LogP) is 5.03. The van der Waals surface area contributed by atoms with Gasteiger partial charge in [0.1, 0.15) is 29.3 Å². The Morgan fingerprint density at radius 2 is 1.85 bits per heavy atom. The summed E-state index contributed by atoms with van der Waals surface area (Å²) in [4.78, 5) is 43.4. The van der Waals surface area contributed by atoms with E-state index < -0.39 is 59.6 Å². The normalized spacial score (nSPS) is 16.0. The van der Waals surface area contributed by atoms with E-state index in [0.717, 1.165) is 4.90 Å². The van der Waals surface area contributed by atoms with Crippen LogP contribution in [0.5, 0.6) is 0 Å². The number of aliphatic carboxylic acids is 1. The van der Waals surface area contributed by atoms with E-state index in [9.17, 15) is 32.7 Å². The summed E-state index contributed by atoms with van der Waals surface area (Å²) in [5.74, 6) is -5.88. The first-order chi connectivity index (χ1) is 21.7. The molecule has 2 aromatic carbocycles. The van der Waals surface area contributed by atoms with E-state index in [2.05, 4.69) is 10.3 Å². The molecule has 242 valence electrons. The Morgan fingerprint density at radius 3 is 2.50 bits per heavy atom. The van der Waals surface area contributed by atoms with Crippen LogP contribution in [0.3, 0.4) is 0 Å². The fourth-order valence-corrected chi connectivity index (χ4v) is 5.62. The number of pyridine rings is 2. The lowest BCUT2D eigenvalue weighted by Crippen LogP contribution is -2.53. The molecule has 1 aliphatic rings. The fourth-order valence-electron chi connectivity index (χ4n) is 5.38. The Balaban J connectivity index is 1.44. The third kappa shape index (κ3) is 6.27. The van der Waals surface area contributed by atoms with Gasteiger partial charge < -0.3 is 24.6 Å². The van der Waals surface area contributed by atoms with Crippen LogP contribution in [-0.2, 0) is 23.0 Å². The van der Waals surface area contributed by atoms with Gasteiger partial charge in [0.15, 0.2) is 0 Å². The molecule has 46 heavy (non-hydrogen) atoms. The van der Waals surface area contributed by atoms with Gasteiger partial charge in [0.05, 0.1) is 29.3 Å². The largest absolute Gasteiger partial charge is 0.480 e. The number of alkyl halides is 3. The first-order valence-electron chi connectivity index (χ1n) is 13.9. The molecule has 2 N–H and O–H groups in total. The van der Waals surface area contributed by atoms with Crippen LogP contribution < -0.4 is 15.8 Å². The van der Waals surface area contributed by atoms with Crippen LogP contribution in [-0.4, -0.2) is 64.6 Å². The van der Waals surface area contributed by atoms with Gasteiger partial charge >= 0.3 is 12.1 Å². The van der Waals surface area contributed by atoms with Crippen molar-refractivity contribution in [2.75, 3.05) is 24.7 Å². The zero-order valence-corrected chi connectivity index (χ0v) is 25.0. The fraction of sp³-hybridized carbons (Fsp3) is 0.290. The zero-order chi connectivity index (χ0) is 33.5. The molecular weight excluding hydrogens is 639 g/mol. The van der Waals surface area contributed by atoms with Crippen molar-refractivity contribution in [2.24, 2.45) is 7.05 Å². The minimum atomic E-state index is -4.75. The summed E-state index contributed by atoms with van der Waals surface area (Å²) in [6.45, 7) is 0.532. The number of morpholine rings is 1. The molecule has 0 radical (unpaired) electrons. The third-order valence-electron chi connectivity index (χ3n) is 7.92. The number of rotatable bonds is 7.